The zero-order valence-corrected chi connectivity index (χ0v) is 17.7. The van der Waals surface area contributed by atoms with E-state index in [1.54, 1.807) is 14.2 Å². The highest BCUT2D eigenvalue weighted by Crippen LogP contribution is 2.30. The van der Waals surface area contributed by atoms with E-state index in [0.29, 0.717) is 23.7 Å². The highest BCUT2D eigenvalue weighted by atomic mass is 16.5. The third kappa shape index (κ3) is 9.37. The molecule has 0 bridgehead atoms. The molecule has 150 valence electrons. The van der Waals surface area contributed by atoms with Crippen LogP contribution in [0.1, 0.15) is 72.6 Å². The first-order valence-electron chi connectivity index (χ1n) is 10.3. The summed E-state index contributed by atoms with van der Waals surface area (Å²) in [6, 6.07) is 0. The summed E-state index contributed by atoms with van der Waals surface area (Å²) in [5.74, 6) is 0. The van der Waals surface area contributed by atoms with Gasteiger partial charge in [-0.2, -0.15) is 0 Å². The largest absolute Gasteiger partial charge is 0.385 e. The lowest BCUT2D eigenvalue weighted by atomic mass is 9.86. The average Bonchev–Trinajstić information content (AvgIpc) is 2.52. The Balaban J connectivity index is 0.000000970. The van der Waals surface area contributed by atoms with E-state index in [9.17, 15) is 0 Å². The summed E-state index contributed by atoms with van der Waals surface area (Å²) in [7, 11) is 3.59. The van der Waals surface area contributed by atoms with Crippen LogP contribution in [0, 0.1) is 5.41 Å². The lowest BCUT2D eigenvalue weighted by molar-refractivity contribution is -0.127. The van der Waals surface area contributed by atoms with Crippen LogP contribution in [0.15, 0.2) is 0 Å². The van der Waals surface area contributed by atoms with Gasteiger partial charge in [0.15, 0.2) is 0 Å². The monoisotopic (exact) mass is 357 g/mol. The van der Waals surface area contributed by atoms with Crippen molar-refractivity contribution >= 4 is 0 Å². The number of hydrogen-bond acceptors (Lipinski definition) is 4. The van der Waals surface area contributed by atoms with Gasteiger partial charge in [0, 0.05) is 40.5 Å². The van der Waals surface area contributed by atoms with Crippen molar-refractivity contribution in [3.8, 4) is 0 Å². The summed E-state index contributed by atoms with van der Waals surface area (Å²) in [6.07, 6.45) is 9.54. The molecule has 0 atom stereocenters. The van der Waals surface area contributed by atoms with Gasteiger partial charge in [0.25, 0.3) is 0 Å². The molecule has 4 nitrogen and oxygen atoms in total. The van der Waals surface area contributed by atoms with Crippen molar-refractivity contribution in [1.82, 2.24) is 4.90 Å². The number of ether oxygens (including phenoxy) is 3. The number of rotatable bonds is 9. The van der Waals surface area contributed by atoms with Gasteiger partial charge < -0.3 is 19.1 Å². The lowest BCUT2D eigenvalue weighted by Gasteiger charge is -2.41. The van der Waals surface area contributed by atoms with Gasteiger partial charge in [-0.3, -0.25) is 0 Å². The Morgan fingerprint density at radius 2 is 1.56 bits per heavy atom. The molecular formula is C21H43NO3. The minimum Gasteiger partial charge on any atom is -0.385 e. The molecule has 0 aromatic heterocycles. The van der Waals surface area contributed by atoms with Gasteiger partial charge in [0.2, 0.25) is 0 Å². The van der Waals surface area contributed by atoms with E-state index >= 15 is 0 Å². The van der Waals surface area contributed by atoms with Crippen LogP contribution < -0.4 is 0 Å². The van der Waals surface area contributed by atoms with Crippen molar-refractivity contribution in [1.29, 1.82) is 0 Å². The fourth-order valence-electron chi connectivity index (χ4n) is 3.68. The zero-order valence-electron chi connectivity index (χ0n) is 17.7. The number of likely N-dealkylation sites (tertiary alicyclic amines) is 1. The summed E-state index contributed by atoms with van der Waals surface area (Å²) >= 11 is 0. The molecule has 2 aliphatic rings. The molecule has 1 saturated carbocycles. The normalized spacial score (nSPS) is 25.2. The minimum atomic E-state index is 0.381. The standard InChI is InChI=1S/C18H35NO3.C3H8/c1-18(2,8-5-11-20-3)14-19-9-6-15(7-10-19)22-17-12-16(13-17)21-4;1-3-2/h15-17H,5-14H2,1-4H3;3H2,1-2H3. The van der Waals surface area contributed by atoms with E-state index in [1.807, 2.05) is 0 Å². The van der Waals surface area contributed by atoms with E-state index in [2.05, 4.69) is 32.6 Å². The molecule has 0 radical (unpaired) electrons. The molecule has 2 rings (SSSR count). The average molecular weight is 358 g/mol. The molecule has 4 heteroatoms. The van der Waals surface area contributed by atoms with Crippen LogP contribution in [0.5, 0.6) is 0 Å². The topological polar surface area (TPSA) is 30.9 Å². The van der Waals surface area contributed by atoms with Gasteiger partial charge in [-0.15, -0.1) is 0 Å². The summed E-state index contributed by atoms with van der Waals surface area (Å²) in [4.78, 5) is 2.62. The molecule has 1 saturated heterocycles. The van der Waals surface area contributed by atoms with Gasteiger partial charge in [-0.25, -0.2) is 0 Å². The summed E-state index contributed by atoms with van der Waals surface area (Å²) in [5, 5.41) is 0. The van der Waals surface area contributed by atoms with Gasteiger partial charge in [-0.1, -0.05) is 34.1 Å². The van der Waals surface area contributed by atoms with Gasteiger partial charge in [0.1, 0.15) is 0 Å². The van der Waals surface area contributed by atoms with Crippen LogP contribution in [0.4, 0.5) is 0 Å². The quantitative estimate of drug-likeness (QED) is 0.568. The SMILES string of the molecule is CCC.COCCCC(C)(C)CN1CCC(OC2CC(OC)C2)CC1. The fourth-order valence-corrected chi connectivity index (χ4v) is 3.68. The molecule has 0 spiro atoms. The first-order chi connectivity index (χ1) is 11.9. The molecule has 25 heavy (non-hydrogen) atoms. The Labute approximate surface area is 156 Å². The Morgan fingerprint density at radius 3 is 2.08 bits per heavy atom. The molecular weight excluding hydrogens is 314 g/mol. The molecule has 0 N–H and O–H groups in total. The first-order valence-corrected chi connectivity index (χ1v) is 10.3. The van der Waals surface area contributed by atoms with Crippen LogP contribution in [-0.4, -0.2) is 63.7 Å². The van der Waals surface area contributed by atoms with Crippen LogP contribution >= 0.6 is 0 Å². The molecule has 0 amide bonds. The van der Waals surface area contributed by atoms with Crippen molar-refractivity contribution in [3.05, 3.63) is 0 Å². The third-order valence-electron chi connectivity index (χ3n) is 5.16. The van der Waals surface area contributed by atoms with E-state index < -0.39 is 0 Å². The second kappa shape index (κ2) is 12.3. The van der Waals surface area contributed by atoms with Crippen LogP contribution in [0.3, 0.4) is 0 Å². The third-order valence-corrected chi connectivity index (χ3v) is 5.16. The smallest absolute Gasteiger partial charge is 0.0628 e. The molecule has 0 aromatic carbocycles. The Morgan fingerprint density at radius 1 is 0.960 bits per heavy atom. The highest BCUT2D eigenvalue weighted by Gasteiger charge is 2.33. The number of hydrogen-bond donors (Lipinski definition) is 0. The minimum absolute atomic E-state index is 0.381. The maximum Gasteiger partial charge on any atom is 0.0628 e. The lowest BCUT2D eigenvalue weighted by Crippen LogP contribution is -2.45. The van der Waals surface area contributed by atoms with Crippen molar-refractivity contribution in [2.24, 2.45) is 5.41 Å². The molecule has 1 aliphatic carbocycles. The van der Waals surface area contributed by atoms with Crippen molar-refractivity contribution in [3.63, 3.8) is 0 Å². The predicted molar refractivity (Wildman–Crippen MR) is 105 cm³/mol. The summed E-state index contributed by atoms with van der Waals surface area (Å²) in [6.45, 7) is 13.4. The van der Waals surface area contributed by atoms with E-state index in [4.69, 9.17) is 14.2 Å². The fraction of sp³-hybridized carbons (Fsp3) is 1.00. The van der Waals surface area contributed by atoms with Gasteiger partial charge in [0.05, 0.1) is 18.3 Å². The Hall–Kier alpha value is -0.160. The van der Waals surface area contributed by atoms with Gasteiger partial charge in [-0.05, 0) is 43.9 Å². The Kier molecular flexibility index (Phi) is 11.2. The second-order valence-electron chi connectivity index (χ2n) is 8.53. The van der Waals surface area contributed by atoms with Crippen molar-refractivity contribution < 1.29 is 14.2 Å². The zero-order chi connectivity index (χ0) is 18.7. The van der Waals surface area contributed by atoms with Crippen molar-refractivity contribution in [2.75, 3.05) is 40.5 Å². The highest BCUT2D eigenvalue weighted by molar-refractivity contribution is 4.84. The maximum atomic E-state index is 6.19. The first kappa shape index (κ1) is 22.9. The van der Waals surface area contributed by atoms with Gasteiger partial charge >= 0.3 is 0 Å². The van der Waals surface area contributed by atoms with Crippen LogP contribution in [0.25, 0.3) is 0 Å². The Bertz CT molecular complexity index is 321. The number of nitrogens with zero attached hydrogens (tertiary/aromatic N) is 1. The molecule has 2 fully saturated rings. The van der Waals surface area contributed by atoms with Crippen LogP contribution in [-0.2, 0) is 14.2 Å². The second-order valence-corrected chi connectivity index (χ2v) is 8.53. The number of piperidine rings is 1. The predicted octanol–water partition coefficient (Wildman–Crippen LogP) is 4.51. The van der Waals surface area contributed by atoms with E-state index in [1.165, 1.54) is 45.3 Å². The number of methoxy groups -OCH3 is 2. The van der Waals surface area contributed by atoms with E-state index in [-0.39, 0.29) is 0 Å². The molecule has 0 unspecified atom stereocenters. The summed E-state index contributed by atoms with van der Waals surface area (Å²) in [5.41, 5.74) is 0.381. The van der Waals surface area contributed by atoms with Crippen molar-refractivity contribution in [2.45, 2.75) is 91.0 Å². The molecule has 0 aromatic rings. The summed E-state index contributed by atoms with van der Waals surface area (Å²) < 4.78 is 16.7. The van der Waals surface area contributed by atoms with Crippen LogP contribution in [0.2, 0.25) is 0 Å². The molecule has 1 aliphatic heterocycles. The van der Waals surface area contributed by atoms with E-state index in [0.717, 1.165) is 25.9 Å². The molecule has 1 heterocycles. The maximum absolute atomic E-state index is 6.19.